The van der Waals surface area contributed by atoms with Crippen molar-refractivity contribution in [2.45, 2.75) is 31.6 Å². The molecule has 0 aliphatic rings. The highest BCUT2D eigenvalue weighted by molar-refractivity contribution is 8.14. The normalized spacial score (nSPS) is 12.0. The van der Waals surface area contributed by atoms with Gasteiger partial charge in [-0.25, -0.2) is 8.42 Å². The van der Waals surface area contributed by atoms with E-state index in [0.29, 0.717) is 29.2 Å². The lowest BCUT2D eigenvalue weighted by Crippen LogP contribution is -2.01. The van der Waals surface area contributed by atoms with Crippen molar-refractivity contribution < 1.29 is 13.2 Å². The summed E-state index contributed by atoms with van der Waals surface area (Å²) in [4.78, 5) is 4.13. The topological polar surface area (TPSA) is 56.3 Å². The first kappa shape index (κ1) is 16.0. The van der Waals surface area contributed by atoms with Crippen LogP contribution >= 0.6 is 10.7 Å². The maximum Gasteiger partial charge on any atom is 0.263 e. The molecule has 0 amide bonds. The number of hydrogen-bond donors (Lipinski definition) is 0. The molecule has 0 radical (unpaired) electrons. The van der Waals surface area contributed by atoms with Gasteiger partial charge in [-0.1, -0.05) is 13.8 Å². The van der Waals surface area contributed by atoms with Gasteiger partial charge in [-0.15, -0.1) is 0 Å². The van der Waals surface area contributed by atoms with Crippen molar-refractivity contribution in [3.05, 3.63) is 30.5 Å². The maximum atomic E-state index is 11.6. The van der Waals surface area contributed by atoms with Crippen LogP contribution in [-0.4, -0.2) is 20.0 Å². The molecule has 2 rings (SSSR count). The highest BCUT2D eigenvalue weighted by Gasteiger charge is 2.17. The van der Waals surface area contributed by atoms with E-state index in [4.69, 9.17) is 15.4 Å². The predicted octanol–water partition coefficient (Wildman–Crippen LogP) is 3.98. The minimum absolute atomic E-state index is 0.00861. The molecule has 6 heteroatoms. The van der Waals surface area contributed by atoms with Crippen molar-refractivity contribution in [3.8, 4) is 5.75 Å². The van der Waals surface area contributed by atoms with Crippen LogP contribution in [0.25, 0.3) is 10.9 Å². The van der Waals surface area contributed by atoms with E-state index in [1.165, 1.54) is 12.3 Å². The molecule has 21 heavy (non-hydrogen) atoms. The van der Waals surface area contributed by atoms with Gasteiger partial charge in [0.2, 0.25) is 0 Å². The lowest BCUT2D eigenvalue weighted by Gasteiger charge is -2.11. The first-order valence-corrected chi connectivity index (χ1v) is 9.15. The summed E-state index contributed by atoms with van der Waals surface area (Å²) in [6, 6.07) is 6.60. The second kappa shape index (κ2) is 6.62. The van der Waals surface area contributed by atoms with Crippen LogP contribution in [0, 0.1) is 5.92 Å². The molecule has 4 nitrogen and oxygen atoms in total. The molecule has 0 aliphatic carbocycles. The number of pyridine rings is 1. The van der Waals surface area contributed by atoms with Crippen molar-refractivity contribution in [1.29, 1.82) is 0 Å². The van der Waals surface area contributed by atoms with Crippen LogP contribution in [0.1, 0.15) is 26.7 Å². The molecule has 0 N–H and O–H groups in total. The summed E-state index contributed by atoms with van der Waals surface area (Å²) in [5, 5.41) is 0.656. The molecule has 0 unspecified atom stereocenters. The van der Waals surface area contributed by atoms with Gasteiger partial charge < -0.3 is 4.74 Å². The summed E-state index contributed by atoms with van der Waals surface area (Å²) in [5.74, 6) is 1.27. The standard InChI is InChI=1S/C15H18ClNO3S/c1-11(2)5-4-10-20-13-7-8-14(21(16,18)19)15-12(13)6-3-9-17-15/h3,6-9,11H,4-5,10H2,1-2H3. The van der Waals surface area contributed by atoms with Gasteiger partial charge in [0.1, 0.15) is 10.6 Å². The summed E-state index contributed by atoms with van der Waals surface area (Å²) in [5.41, 5.74) is 0.342. The lowest BCUT2D eigenvalue weighted by atomic mass is 10.1. The number of ether oxygens (including phenoxy) is 1. The second-order valence-electron chi connectivity index (χ2n) is 5.28. The third-order valence-corrected chi connectivity index (χ3v) is 4.49. The molecule has 1 aromatic carbocycles. The zero-order valence-corrected chi connectivity index (χ0v) is 13.6. The minimum Gasteiger partial charge on any atom is -0.493 e. The Bertz CT molecular complexity index is 729. The second-order valence-corrected chi connectivity index (χ2v) is 7.82. The van der Waals surface area contributed by atoms with Crippen molar-refractivity contribution in [2.75, 3.05) is 6.61 Å². The van der Waals surface area contributed by atoms with E-state index in [0.717, 1.165) is 12.8 Å². The third-order valence-electron chi connectivity index (χ3n) is 3.14. The Morgan fingerprint density at radius 1 is 1.29 bits per heavy atom. The number of hydrogen-bond acceptors (Lipinski definition) is 4. The van der Waals surface area contributed by atoms with Crippen LogP contribution in [0.15, 0.2) is 35.4 Å². The Kier molecular flexibility index (Phi) is 5.06. The van der Waals surface area contributed by atoms with Crippen molar-refractivity contribution in [1.82, 2.24) is 4.98 Å². The van der Waals surface area contributed by atoms with Crippen molar-refractivity contribution in [2.24, 2.45) is 5.92 Å². The van der Waals surface area contributed by atoms with E-state index in [2.05, 4.69) is 18.8 Å². The Hall–Kier alpha value is -1.33. The monoisotopic (exact) mass is 327 g/mol. The molecule has 0 fully saturated rings. The molecule has 2 aromatic rings. The summed E-state index contributed by atoms with van der Waals surface area (Å²) in [6.07, 6.45) is 3.58. The van der Waals surface area contributed by atoms with Crippen molar-refractivity contribution in [3.63, 3.8) is 0 Å². The van der Waals surface area contributed by atoms with Gasteiger partial charge in [0.25, 0.3) is 9.05 Å². The number of halogens is 1. The highest BCUT2D eigenvalue weighted by atomic mass is 35.7. The van der Waals surface area contributed by atoms with Gasteiger partial charge >= 0.3 is 0 Å². The van der Waals surface area contributed by atoms with Gasteiger partial charge in [-0.05, 0) is 43.0 Å². The summed E-state index contributed by atoms with van der Waals surface area (Å²) in [6.45, 7) is 4.92. The number of benzene rings is 1. The van der Waals surface area contributed by atoms with Gasteiger partial charge in [0.05, 0.1) is 12.1 Å². The summed E-state index contributed by atoms with van der Waals surface area (Å²) in [7, 11) is 1.61. The molecule has 0 aliphatic heterocycles. The van der Waals surface area contributed by atoms with Gasteiger partial charge in [-0.2, -0.15) is 0 Å². The molecule has 0 bridgehead atoms. The molecule has 0 saturated carbocycles. The van der Waals surface area contributed by atoms with E-state index >= 15 is 0 Å². The molecule has 0 atom stereocenters. The molecule has 0 spiro atoms. The quantitative estimate of drug-likeness (QED) is 0.595. The fraction of sp³-hybridized carbons (Fsp3) is 0.400. The fourth-order valence-electron chi connectivity index (χ4n) is 2.12. The van der Waals surface area contributed by atoms with Crippen LogP contribution in [0.5, 0.6) is 5.75 Å². The Morgan fingerprint density at radius 3 is 2.71 bits per heavy atom. The smallest absolute Gasteiger partial charge is 0.263 e. The van der Waals surface area contributed by atoms with Crippen LogP contribution in [0.4, 0.5) is 0 Å². The number of aromatic nitrogens is 1. The van der Waals surface area contributed by atoms with E-state index in [9.17, 15) is 8.42 Å². The first-order valence-electron chi connectivity index (χ1n) is 6.85. The Morgan fingerprint density at radius 2 is 2.05 bits per heavy atom. The van der Waals surface area contributed by atoms with E-state index in [-0.39, 0.29) is 4.90 Å². The van der Waals surface area contributed by atoms with E-state index in [1.807, 2.05) is 0 Å². The zero-order valence-electron chi connectivity index (χ0n) is 12.0. The number of nitrogens with zero attached hydrogens (tertiary/aromatic N) is 1. The van der Waals surface area contributed by atoms with Gasteiger partial charge in [-0.3, -0.25) is 4.98 Å². The van der Waals surface area contributed by atoms with Crippen LogP contribution < -0.4 is 4.74 Å². The number of fused-ring (bicyclic) bond motifs is 1. The minimum atomic E-state index is -3.83. The average Bonchev–Trinajstić information content (AvgIpc) is 2.42. The Labute approximate surface area is 129 Å². The fourth-order valence-corrected chi connectivity index (χ4v) is 3.11. The summed E-state index contributed by atoms with van der Waals surface area (Å²) < 4.78 is 28.9. The SMILES string of the molecule is CC(C)CCCOc1ccc(S(=O)(=O)Cl)c2ncccc12. The van der Waals surface area contributed by atoms with Crippen LogP contribution in [-0.2, 0) is 9.05 Å². The van der Waals surface area contributed by atoms with Crippen molar-refractivity contribution >= 4 is 30.6 Å². The van der Waals surface area contributed by atoms with Crippen LogP contribution in [0.2, 0.25) is 0 Å². The molecular formula is C15H18ClNO3S. The molecule has 0 saturated heterocycles. The summed E-state index contributed by atoms with van der Waals surface area (Å²) >= 11 is 0. The molecular weight excluding hydrogens is 310 g/mol. The third kappa shape index (κ3) is 4.08. The molecule has 1 heterocycles. The highest BCUT2D eigenvalue weighted by Crippen LogP contribution is 2.31. The first-order chi connectivity index (χ1) is 9.89. The van der Waals surface area contributed by atoms with E-state index < -0.39 is 9.05 Å². The zero-order chi connectivity index (χ0) is 15.5. The van der Waals surface area contributed by atoms with Gasteiger partial charge in [0, 0.05) is 22.3 Å². The lowest BCUT2D eigenvalue weighted by molar-refractivity contribution is 0.301. The van der Waals surface area contributed by atoms with Crippen LogP contribution in [0.3, 0.4) is 0 Å². The molecule has 1 aromatic heterocycles. The average molecular weight is 328 g/mol. The van der Waals surface area contributed by atoms with E-state index in [1.54, 1.807) is 18.2 Å². The predicted molar refractivity (Wildman–Crippen MR) is 84.3 cm³/mol. The molecule has 114 valence electrons. The maximum absolute atomic E-state index is 11.6. The Balaban J connectivity index is 2.31. The van der Waals surface area contributed by atoms with Gasteiger partial charge in [0.15, 0.2) is 0 Å². The number of rotatable bonds is 6. The largest absolute Gasteiger partial charge is 0.493 e.